The Morgan fingerprint density at radius 2 is 0.929 bits per heavy atom. The van der Waals surface area contributed by atoms with Crippen molar-refractivity contribution in [3.8, 4) is 0 Å². The molecule has 0 aliphatic carbocycles. The molecule has 0 amide bonds. The molecule has 4 rings (SSSR count). The third-order valence-corrected chi connectivity index (χ3v) is 9.00. The maximum Gasteiger partial charge on any atom is -0.0160 e. The van der Waals surface area contributed by atoms with Gasteiger partial charge in [-0.3, -0.25) is 0 Å². The summed E-state index contributed by atoms with van der Waals surface area (Å²) in [6.45, 7) is 1.97. The molecule has 0 atom stereocenters. The van der Waals surface area contributed by atoms with Crippen LogP contribution in [0.5, 0.6) is 0 Å². The Balaban J connectivity index is 2.12. The van der Waals surface area contributed by atoms with Gasteiger partial charge in [-0.15, -0.1) is 0 Å². The standard InChI is InChI=1S/C27H23P/c1-2-23-13-12-14-24(21-23)22-28(25-15-6-3-7-16-25,26-17-8-4-9-18-26)27-19-10-5-11-20-27/h2-22H,1H2. The summed E-state index contributed by atoms with van der Waals surface area (Å²) in [6, 6.07) is 41.3. The average molecular weight is 378 g/mol. The summed E-state index contributed by atoms with van der Waals surface area (Å²) >= 11 is 0. The van der Waals surface area contributed by atoms with Gasteiger partial charge in [-0.1, -0.05) is 122 Å². The molecule has 1 heteroatoms. The quantitative estimate of drug-likeness (QED) is 0.404. The summed E-state index contributed by atoms with van der Waals surface area (Å²) in [4.78, 5) is 0. The highest BCUT2D eigenvalue weighted by molar-refractivity contribution is 7.94. The first-order valence-corrected chi connectivity index (χ1v) is 11.3. The van der Waals surface area contributed by atoms with E-state index < -0.39 is 6.89 Å². The van der Waals surface area contributed by atoms with Crippen molar-refractivity contribution < 1.29 is 0 Å². The maximum absolute atomic E-state index is 3.94. The lowest BCUT2D eigenvalue weighted by molar-refractivity contribution is 1.64. The van der Waals surface area contributed by atoms with Crippen LogP contribution in [0, 0.1) is 0 Å². The summed E-state index contributed by atoms with van der Waals surface area (Å²) in [5, 5.41) is 4.07. The molecule has 0 saturated heterocycles. The van der Waals surface area contributed by atoms with Crippen LogP contribution in [0.25, 0.3) is 6.08 Å². The second-order valence-electron chi connectivity index (χ2n) is 6.73. The van der Waals surface area contributed by atoms with Crippen molar-refractivity contribution in [2.24, 2.45) is 0 Å². The molecule has 136 valence electrons. The Bertz CT molecular complexity index is 1010. The lowest BCUT2D eigenvalue weighted by Gasteiger charge is -2.29. The highest BCUT2D eigenvalue weighted by atomic mass is 31.2. The third kappa shape index (κ3) is 3.52. The molecule has 4 aromatic rings. The lowest BCUT2D eigenvalue weighted by Crippen LogP contribution is -2.27. The average Bonchev–Trinajstić information content (AvgIpc) is 2.79. The zero-order chi connectivity index (χ0) is 19.2. The Kier molecular flexibility index (Phi) is 5.42. The largest absolute Gasteiger partial charge is 0.0985 e. The topological polar surface area (TPSA) is 0 Å². The van der Waals surface area contributed by atoms with Crippen LogP contribution in [0.2, 0.25) is 0 Å². The van der Waals surface area contributed by atoms with Crippen molar-refractivity contribution >= 4 is 34.7 Å². The van der Waals surface area contributed by atoms with Crippen molar-refractivity contribution in [3.63, 3.8) is 0 Å². The van der Waals surface area contributed by atoms with Gasteiger partial charge in [0.25, 0.3) is 0 Å². The number of hydrogen-bond acceptors (Lipinski definition) is 0. The number of benzene rings is 4. The first-order valence-electron chi connectivity index (χ1n) is 9.47. The molecule has 0 nitrogen and oxygen atoms in total. The Morgan fingerprint density at radius 1 is 0.500 bits per heavy atom. The summed E-state index contributed by atoms with van der Waals surface area (Å²) in [6.07, 6.45) is 1.91. The molecule has 0 aromatic heterocycles. The predicted molar refractivity (Wildman–Crippen MR) is 127 cm³/mol. The molecule has 28 heavy (non-hydrogen) atoms. The van der Waals surface area contributed by atoms with E-state index in [0.29, 0.717) is 0 Å². The van der Waals surface area contributed by atoms with E-state index in [1.54, 1.807) is 0 Å². The van der Waals surface area contributed by atoms with Crippen LogP contribution < -0.4 is 15.9 Å². The number of hydrogen-bond donors (Lipinski definition) is 0. The fourth-order valence-corrected chi connectivity index (χ4v) is 7.53. The molecule has 4 aromatic carbocycles. The maximum atomic E-state index is 3.94. The minimum atomic E-state index is -1.96. The fourth-order valence-electron chi connectivity index (χ4n) is 3.65. The summed E-state index contributed by atoms with van der Waals surface area (Å²) in [7, 11) is 0. The smallest absolute Gasteiger partial charge is 0.0160 e. The molecule has 0 radical (unpaired) electrons. The molecule has 0 heterocycles. The van der Waals surface area contributed by atoms with Crippen molar-refractivity contribution in [1.29, 1.82) is 0 Å². The van der Waals surface area contributed by atoms with E-state index in [-0.39, 0.29) is 0 Å². The summed E-state index contributed by atoms with van der Waals surface area (Å²) in [5.41, 5.74) is 2.36. The Morgan fingerprint density at radius 3 is 1.36 bits per heavy atom. The first kappa shape index (κ1) is 18.3. The van der Waals surface area contributed by atoms with Gasteiger partial charge in [0.05, 0.1) is 0 Å². The molecular weight excluding hydrogens is 355 g/mol. The van der Waals surface area contributed by atoms with Gasteiger partial charge < -0.3 is 0 Å². The Labute approximate surface area is 167 Å². The van der Waals surface area contributed by atoms with Crippen LogP contribution in [0.1, 0.15) is 11.1 Å². The lowest BCUT2D eigenvalue weighted by atomic mass is 10.1. The first-order chi connectivity index (χ1) is 13.8. The van der Waals surface area contributed by atoms with Crippen molar-refractivity contribution in [3.05, 3.63) is 133 Å². The van der Waals surface area contributed by atoms with Crippen LogP contribution in [0.4, 0.5) is 0 Å². The van der Waals surface area contributed by atoms with Crippen LogP contribution in [0.15, 0.2) is 122 Å². The predicted octanol–water partition coefficient (Wildman–Crippen LogP) is 5.47. The summed E-state index contributed by atoms with van der Waals surface area (Å²) < 4.78 is 0. The summed E-state index contributed by atoms with van der Waals surface area (Å²) in [5.74, 6) is 2.49. The van der Waals surface area contributed by atoms with E-state index >= 15 is 0 Å². The zero-order valence-electron chi connectivity index (χ0n) is 15.8. The normalized spacial score (nSPS) is 11.0. The molecule has 0 unspecified atom stereocenters. The van der Waals surface area contributed by atoms with Crippen LogP contribution in [0.3, 0.4) is 0 Å². The molecule has 0 fully saturated rings. The highest BCUT2D eigenvalue weighted by Gasteiger charge is 2.24. The number of rotatable bonds is 5. The van der Waals surface area contributed by atoms with E-state index in [2.05, 4.69) is 128 Å². The van der Waals surface area contributed by atoms with Crippen molar-refractivity contribution in [1.82, 2.24) is 0 Å². The van der Waals surface area contributed by atoms with E-state index in [0.717, 1.165) is 5.56 Å². The van der Waals surface area contributed by atoms with Crippen LogP contribution >= 0.6 is 6.89 Å². The van der Waals surface area contributed by atoms with Gasteiger partial charge in [-0.2, -0.15) is 0 Å². The monoisotopic (exact) mass is 378 g/mol. The van der Waals surface area contributed by atoms with E-state index in [1.807, 2.05) is 6.08 Å². The van der Waals surface area contributed by atoms with Crippen molar-refractivity contribution in [2.75, 3.05) is 0 Å². The molecule has 0 saturated carbocycles. The highest BCUT2D eigenvalue weighted by Crippen LogP contribution is 2.44. The second kappa shape index (κ2) is 8.30. The van der Waals surface area contributed by atoms with Gasteiger partial charge in [0.1, 0.15) is 0 Å². The van der Waals surface area contributed by atoms with E-state index in [4.69, 9.17) is 0 Å². The molecule has 0 N–H and O–H groups in total. The third-order valence-electron chi connectivity index (χ3n) is 4.98. The van der Waals surface area contributed by atoms with Gasteiger partial charge in [0.15, 0.2) is 0 Å². The molecule has 0 bridgehead atoms. The zero-order valence-corrected chi connectivity index (χ0v) is 16.7. The van der Waals surface area contributed by atoms with Crippen LogP contribution in [-0.2, 0) is 0 Å². The molecular formula is C27H23P. The van der Waals surface area contributed by atoms with Crippen molar-refractivity contribution in [2.45, 2.75) is 0 Å². The SMILES string of the molecule is C=Cc1cccc(C=P(c2ccccc2)(c2ccccc2)c2ccccc2)c1. The van der Waals surface area contributed by atoms with Gasteiger partial charge in [0.2, 0.25) is 0 Å². The van der Waals surface area contributed by atoms with E-state index in [9.17, 15) is 0 Å². The molecule has 0 spiro atoms. The van der Waals surface area contributed by atoms with Gasteiger partial charge in [0, 0.05) is 0 Å². The van der Waals surface area contributed by atoms with Gasteiger partial charge in [-0.05, 0) is 45.8 Å². The van der Waals surface area contributed by atoms with E-state index in [1.165, 1.54) is 21.5 Å². The Hall–Kier alpha value is -3.08. The minimum absolute atomic E-state index is 1.14. The minimum Gasteiger partial charge on any atom is -0.0985 e. The van der Waals surface area contributed by atoms with Crippen LogP contribution in [-0.4, -0.2) is 5.80 Å². The van der Waals surface area contributed by atoms with Gasteiger partial charge >= 0.3 is 0 Å². The molecule has 0 aliphatic heterocycles. The second-order valence-corrected chi connectivity index (χ2v) is 9.99. The fraction of sp³-hybridized carbons (Fsp3) is 0. The van der Waals surface area contributed by atoms with Gasteiger partial charge in [-0.25, -0.2) is 0 Å². The molecule has 0 aliphatic rings.